The second-order valence-electron chi connectivity index (χ2n) is 3.28. The van der Waals surface area contributed by atoms with Crippen LogP contribution in [0.2, 0.25) is 0 Å². The maximum atomic E-state index is 5.73. The van der Waals surface area contributed by atoms with Gasteiger partial charge in [0.2, 0.25) is 0 Å². The lowest BCUT2D eigenvalue weighted by Gasteiger charge is -2.10. The summed E-state index contributed by atoms with van der Waals surface area (Å²) in [5.41, 5.74) is 0. The third kappa shape index (κ3) is 4.58. The number of thiophene rings is 1. The minimum absolute atomic E-state index is 0.263. The minimum Gasteiger partial charge on any atom is -0.373 e. The smallest absolute Gasteiger partial charge is 0.0888 e. The molecular formula is C11H17BrOS. The summed E-state index contributed by atoms with van der Waals surface area (Å²) in [6.45, 7) is 3.00. The number of hydrogen-bond donors (Lipinski definition) is 0. The quantitative estimate of drug-likeness (QED) is 0.530. The summed E-state index contributed by atoms with van der Waals surface area (Å²) >= 11 is 5.19. The van der Waals surface area contributed by atoms with Crippen molar-refractivity contribution in [1.29, 1.82) is 0 Å². The molecule has 0 N–H and O–H groups in total. The molecule has 0 saturated heterocycles. The first kappa shape index (κ1) is 12.2. The maximum absolute atomic E-state index is 5.73. The molecule has 0 aliphatic heterocycles. The Morgan fingerprint density at radius 3 is 2.93 bits per heavy atom. The van der Waals surface area contributed by atoms with Gasteiger partial charge in [-0.25, -0.2) is 0 Å². The van der Waals surface area contributed by atoms with E-state index >= 15 is 0 Å². The van der Waals surface area contributed by atoms with Crippen molar-refractivity contribution in [2.45, 2.75) is 32.3 Å². The van der Waals surface area contributed by atoms with Crippen molar-refractivity contribution in [3.05, 3.63) is 22.4 Å². The Morgan fingerprint density at radius 1 is 1.43 bits per heavy atom. The zero-order chi connectivity index (χ0) is 10.2. The summed E-state index contributed by atoms with van der Waals surface area (Å²) < 4.78 is 5.73. The van der Waals surface area contributed by atoms with Gasteiger partial charge in [0, 0.05) is 16.8 Å². The Balaban J connectivity index is 2.07. The molecule has 0 amide bonds. The van der Waals surface area contributed by atoms with Gasteiger partial charge in [-0.2, -0.15) is 0 Å². The molecule has 80 valence electrons. The van der Waals surface area contributed by atoms with Crippen molar-refractivity contribution in [2.75, 3.05) is 11.9 Å². The number of ether oxygens (including phenoxy) is 1. The third-order valence-corrected chi connectivity index (χ3v) is 3.68. The van der Waals surface area contributed by atoms with Crippen LogP contribution in [0, 0.1) is 0 Å². The minimum atomic E-state index is 0.263. The molecule has 3 heteroatoms. The van der Waals surface area contributed by atoms with E-state index in [-0.39, 0.29) is 6.10 Å². The van der Waals surface area contributed by atoms with Crippen LogP contribution in [0.1, 0.15) is 37.2 Å². The van der Waals surface area contributed by atoms with Crippen LogP contribution in [0.25, 0.3) is 0 Å². The number of alkyl halides is 1. The van der Waals surface area contributed by atoms with E-state index in [0.717, 1.165) is 11.9 Å². The fraction of sp³-hybridized carbons (Fsp3) is 0.636. The lowest BCUT2D eigenvalue weighted by atomic mass is 10.2. The predicted molar refractivity (Wildman–Crippen MR) is 66.3 cm³/mol. The summed E-state index contributed by atoms with van der Waals surface area (Å²) in [6.07, 6.45) is 3.93. The van der Waals surface area contributed by atoms with Crippen LogP contribution < -0.4 is 0 Å². The largest absolute Gasteiger partial charge is 0.373 e. The highest BCUT2D eigenvalue weighted by Gasteiger charge is 2.05. The van der Waals surface area contributed by atoms with Crippen LogP contribution in [0.4, 0.5) is 0 Å². The summed E-state index contributed by atoms with van der Waals surface area (Å²) in [5, 5.41) is 3.20. The molecule has 0 fully saturated rings. The van der Waals surface area contributed by atoms with E-state index in [0.29, 0.717) is 0 Å². The van der Waals surface area contributed by atoms with Crippen LogP contribution in [0.5, 0.6) is 0 Å². The van der Waals surface area contributed by atoms with E-state index in [4.69, 9.17) is 4.74 Å². The molecule has 0 saturated carbocycles. The molecule has 0 spiro atoms. The van der Waals surface area contributed by atoms with Crippen LogP contribution in [0.15, 0.2) is 17.5 Å². The van der Waals surface area contributed by atoms with E-state index < -0.39 is 0 Å². The van der Waals surface area contributed by atoms with Crippen molar-refractivity contribution in [1.82, 2.24) is 0 Å². The Kier molecular flexibility index (Phi) is 6.48. The predicted octanol–water partition coefficient (Wildman–Crippen LogP) is 4.39. The average Bonchev–Trinajstić information content (AvgIpc) is 2.70. The lowest BCUT2D eigenvalue weighted by Crippen LogP contribution is -1.99. The van der Waals surface area contributed by atoms with Crippen molar-refractivity contribution < 1.29 is 4.74 Å². The highest BCUT2D eigenvalue weighted by Crippen LogP contribution is 2.21. The van der Waals surface area contributed by atoms with E-state index in [1.807, 2.05) is 0 Å². The van der Waals surface area contributed by atoms with E-state index in [1.54, 1.807) is 11.3 Å². The monoisotopic (exact) mass is 276 g/mol. The Hall–Kier alpha value is 0.140. The van der Waals surface area contributed by atoms with Crippen molar-refractivity contribution in [3.63, 3.8) is 0 Å². The Bertz CT molecular complexity index is 223. The topological polar surface area (TPSA) is 9.23 Å². The van der Waals surface area contributed by atoms with Gasteiger partial charge in [0.1, 0.15) is 0 Å². The van der Waals surface area contributed by atoms with Crippen LogP contribution in [-0.4, -0.2) is 11.9 Å². The first-order chi connectivity index (χ1) is 6.84. The van der Waals surface area contributed by atoms with Gasteiger partial charge in [0.15, 0.2) is 0 Å². The lowest BCUT2D eigenvalue weighted by molar-refractivity contribution is 0.0654. The average molecular weight is 277 g/mol. The van der Waals surface area contributed by atoms with Crippen LogP contribution >= 0.6 is 27.3 Å². The normalized spacial score (nSPS) is 13.0. The zero-order valence-corrected chi connectivity index (χ0v) is 10.9. The molecule has 0 bridgehead atoms. The second-order valence-corrected chi connectivity index (χ2v) is 5.05. The van der Waals surface area contributed by atoms with Gasteiger partial charge >= 0.3 is 0 Å². The molecule has 0 aromatic carbocycles. The number of halogens is 1. The van der Waals surface area contributed by atoms with E-state index in [1.165, 1.54) is 24.1 Å². The molecule has 1 heterocycles. The van der Waals surface area contributed by atoms with Gasteiger partial charge in [-0.15, -0.1) is 11.3 Å². The molecule has 1 aromatic rings. The Labute approximate surface area is 98.6 Å². The first-order valence-electron chi connectivity index (χ1n) is 5.05. The number of rotatable bonds is 7. The van der Waals surface area contributed by atoms with Crippen LogP contribution in [-0.2, 0) is 4.74 Å². The third-order valence-electron chi connectivity index (χ3n) is 2.09. The fourth-order valence-electron chi connectivity index (χ4n) is 1.24. The zero-order valence-electron chi connectivity index (χ0n) is 8.54. The molecule has 14 heavy (non-hydrogen) atoms. The number of unbranched alkanes of at least 4 members (excludes halogenated alkanes) is 2. The van der Waals surface area contributed by atoms with Crippen molar-refractivity contribution >= 4 is 27.3 Å². The van der Waals surface area contributed by atoms with Gasteiger partial charge in [-0.1, -0.05) is 28.4 Å². The fourth-order valence-corrected chi connectivity index (χ4v) is 2.37. The van der Waals surface area contributed by atoms with Crippen LogP contribution in [0.3, 0.4) is 0 Å². The second kappa shape index (κ2) is 7.43. The van der Waals surface area contributed by atoms with E-state index in [2.05, 4.69) is 40.4 Å². The molecule has 1 unspecified atom stereocenters. The molecule has 0 aliphatic carbocycles. The van der Waals surface area contributed by atoms with E-state index in [9.17, 15) is 0 Å². The van der Waals surface area contributed by atoms with Crippen molar-refractivity contribution in [2.24, 2.45) is 0 Å². The van der Waals surface area contributed by atoms with Crippen molar-refractivity contribution in [3.8, 4) is 0 Å². The molecule has 1 atom stereocenters. The van der Waals surface area contributed by atoms with Gasteiger partial charge in [-0.3, -0.25) is 0 Å². The summed E-state index contributed by atoms with van der Waals surface area (Å²) in [7, 11) is 0. The summed E-state index contributed by atoms with van der Waals surface area (Å²) in [4.78, 5) is 1.32. The number of hydrogen-bond acceptors (Lipinski definition) is 2. The molecule has 0 radical (unpaired) electrons. The highest BCUT2D eigenvalue weighted by molar-refractivity contribution is 9.09. The molecular weight excluding hydrogens is 260 g/mol. The SMILES string of the molecule is CC(OCCCCCBr)c1cccs1. The standard InChI is InChI=1S/C11H17BrOS/c1-10(11-6-5-9-14-11)13-8-4-2-3-7-12/h5-6,9-10H,2-4,7-8H2,1H3. The first-order valence-corrected chi connectivity index (χ1v) is 7.05. The van der Waals surface area contributed by atoms with Gasteiger partial charge in [-0.05, 0) is 31.2 Å². The van der Waals surface area contributed by atoms with Gasteiger partial charge < -0.3 is 4.74 Å². The molecule has 1 rings (SSSR count). The molecule has 0 aliphatic rings. The molecule has 1 aromatic heterocycles. The highest BCUT2D eigenvalue weighted by atomic mass is 79.9. The Morgan fingerprint density at radius 2 is 2.29 bits per heavy atom. The van der Waals surface area contributed by atoms with Gasteiger partial charge in [0.25, 0.3) is 0 Å². The molecule has 1 nitrogen and oxygen atoms in total. The summed E-state index contributed by atoms with van der Waals surface area (Å²) in [6, 6.07) is 4.21. The maximum Gasteiger partial charge on any atom is 0.0888 e. The summed E-state index contributed by atoms with van der Waals surface area (Å²) in [5.74, 6) is 0. The van der Waals surface area contributed by atoms with Gasteiger partial charge in [0.05, 0.1) is 6.10 Å².